The number of nitrogens with two attached hydrogens (primary N) is 1. The van der Waals surface area contributed by atoms with Crippen LogP contribution in [0.2, 0.25) is 5.02 Å². The number of primary amides is 1. The van der Waals surface area contributed by atoms with E-state index in [2.05, 4.69) is 16.7 Å². The number of nitrogens with zero attached hydrogens (tertiary/aromatic N) is 3. The number of ether oxygens (including phenoxy) is 1. The Morgan fingerprint density at radius 1 is 1.28 bits per heavy atom. The maximum Gasteiger partial charge on any atom is 0.292 e. The summed E-state index contributed by atoms with van der Waals surface area (Å²) in [6.07, 6.45) is 0. The fraction of sp³-hybridized carbons (Fsp3) is 0.474. The molecular formula is C19H23ClN4O5. The van der Waals surface area contributed by atoms with Crippen molar-refractivity contribution in [2.45, 2.75) is 13.8 Å². The fourth-order valence-electron chi connectivity index (χ4n) is 2.79. The quantitative estimate of drug-likeness (QED) is 0.422. The van der Waals surface area contributed by atoms with E-state index in [9.17, 15) is 19.7 Å². The molecule has 2 amide bonds. The molecule has 1 heterocycles. The van der Waals surface area contributed by atoms with Crippen LogP contribution in [0, 0.1) is 27.9 Å². The minimum absolute atomic E-state index is 0.00537. The van der Waals surface area contributed by atoms with Crippen molar-refractivity contribution in [1.29, 1.82) is 0 Å². The smallest absolute Gasteiger partial charge is 0.292 e. The number of rotatable bonds is 6. The van der Waals surface area contributed by atoms with Crippen molar-refractivity contribution in [2.24, 2.45) is 11.7 Å². The monoisotopic (exact) mass is 422 g/mol. The van der Waals surface area contributed by atoms with E-state index in [-0.39, 0.29) is 34.8 Å². The third-order valence-electron chi connectivity index (χ3n) is 4.41. The van der Waals surface area contributed by atoms with E-state index in [0.717, 1.165) is 19.2 Å². The van der Waals surface area contributed by atoms with Gasteiger partial charge in [0.25, 0.3) is 5.69 Å². The average molecular weight is 423 g/mol. The van der Waals surface area contributed by atoms with Gasteiger partial charge in [0.2, 0.25) is 11.8 Å². The molecule has 0 bridgehead atoms. The van der Waals surface area contributed by atoms with Gasteiger partial charge in [-0.3, -0.25) is 24.6 Å². The molecule has 156 valence electrons. The lowest BCUT2D eigenvalue weighted by molar-refractivity contribution is -0.384. The first kappa shape index (κ1) is 22.5. The molecule has 1 fully saturated rings. The van der Waals surface area contributed by atoms with Crippen molar-refractivity contribution in [3.8, 4) is 17.6 Å². The molecule has 1 aromatic rings. The summed E-state index contributed by atoms with van der Waals surface area (Å²) < 4.78 is 5.39. The summed E-state index contributed by atoms with van der Waals surface area (Å²) in [4.78, 5) is 37.6. The summed E-state index contributed by atoms with van der Waals surface area (Å²) in [6.45, 7) is 7.08. The van der Waals surface area contributed by atoms with Crippen LogP contribution in [0.15, 0.2) is 12.1 Å². The van der Waals surface area contributed by atoms with Gasteiger partial charge in [0.1, 0.15) is 12.4 Å². The lowest BCUT2D eigenvalue weighted by Crippen LogP contribution is -2.49. The number of carbonyl (C=O) groups excluding carboxylic acids is 2. The summed E-state index contributed by atoms with van der Waals surface area (Å²) in [5.41, 5.74) is 4.66. The molecule has 29 heavy (non-hydrogen) atoms. The molecule has 0 aromatic heterocycles. The zero-order valence-electron chi connectivity index (χ0n) is 16.3. The Morgan fingerprint density at radius 2 is 1.93 bits per heavy atom. The molecule has 0 spiro atoms. The van der Waals surface area contributed by atoms with E-state index in [1.165, 1.54) is 6.07 Å². The molecule has 2 N–H and O–H groups in total. The Morgan fingerprint density at radius 3 is 2.48 bits per heavy atom. The van der Waals surface area contributed by atoms with Crippen molar-refractivity contribution >= 4 is 29.1 Å². The highest BCUT2D eigenvalue weighted by Crippen LogP contribution is 2.35. The molecule has 9 nitrogen and oxygen atoms in total. The maximum absolute atomic E-state index is 12.0. The standard InChI is InChI=1S/C19H23ClN4O5/c1-13(2)19(26)23-8-6-22(7-9-23)5-3-4-10-29-16-12-14(18(21)25)11-15(17(16)20)24(27)28/h11-13H,5-10H2,1-2H3,(H2,21,25). The normalized spacial score (nSPS) is 14.3. The number of carbonyl (C=O) groups is 2. The number of nitro groups is 1. The van der Waals surface area contributed by atoms with Crippen LogP contribution in [0.1, 0.15) is 24.2 Å². The fourth-order valence-corrected chi connectivity index (χ4v) is 3.02. The molecule has 1 aromatic carbocycles. The third-order valence-corrected chi connectivity index (χ3v) is 4.79. The second kappa shape index (κ2) is 10.1. The number of piperazine rings is 1. The summed E-state index contributed by atoms with van der Waals surface area (Å²) in [6, 6.07) is 2.26. The molecular weight excluding hydrogens is 400 g/mol. The van der Waals surface area contributed by atoms with Crippen LogP contribution in [0.25, 0.3) is 0 Å². The number of hydrogen-bond acceptors (Lipinski definition) is 6. The molecule has 0 unspecified atom stereocenters. The highest BCUT2D eigenvalue weighted by molar-refractivity contribution is 6.34. The molecule has 0 saturated carbocycles. The summed E-state index contributed by atoms with van der Waals surface area (Å²) in [5, 5.41) is 10.8. The van der Waals surface area contributed by atoms with E-state index < -0.39 is 16.5 Å². The SMILES string of the molecule is CC(C)C(=O)N1CCN(CC#CCOc2cc(C(N)=O)cc([N+](=O)[O-])c2Cl)CC1. The van der Waals surface area contributed by atoms with Crippen molar-refractivity contribution < 1.29 is 19.2 Å². The van der Waals surface area contributed by atoms with Gasteiger partial charge < -0.3 is 15.4 Å². The number of hydrogen-bond donors (Lipinski definition) is 1. The maximum atomic E-state index is 12.0. The van der Waals surface area contributed by atoms with E-state index in [1.54, 1.807) is 0 Å². The Labute approximate surface area is 173 Å². The topological polar surface area (TPSA) is 119 Å². The molecule has 1 aliphatic rings. The van der Waals surface area contributed by atoms with E-state index >= 15 is 0 Å². The van der Waals surface area contributed by atoms with Gasteiger partial charge in [-0.15, -0.1) is 0 Å². The molecule has 10 heteroatoms. The van der Waals surface area contributed by atoms with Gasteiger partial charge in [-0.25, -0.2) is 0 Å². The first-order valence-corrected chi connectivity index (χ1v) is 9.46. The Bertz CT molecular complexity index is 854. The Kier molecular flexibility index (Phi) is 7.82. The van der Waals surface area contributed by atoms with Crippen LogP contribution >= 0.6 is 11.6 Å². The highest BCUT2D eigenvalue weighted by atomic mass is 35.5. The Hall–Kier alpha value is -2.83. The van der Waals surface area contributed by atoms with Crippen LogP contribution in [0.5, 0.6) is 5.75 Å². The first-order chi connectivity index (χ1) is 13.7. The zero-order chi connectivity index (χ0) is 21.6. The van der Waals surface area contributed by atoms with Crippen LogP contribution in [-0.4, -0.2) is 65.9 Å². The molecule has 0 aliphatic carbocycles. The van der Waals surface area contributed by atoms with Crippen LogP contribution in [-0.2, 0) is 4.79 Å². The van der Waals surface area contributed by atoms with Gasteiger partial charge in [-0.05, 0) is 6.07 Å². The molecule has 0 radical (unpaired) electrons. The van der Waals surface area contributed by atoms with Crippen LogP contribution in [0.3, 0.4) is 0 Å². The predicted octanol–water partition coefficient (Wildman–Crippen LogP) is 1.53. The van der Waals surface area contributed by atoms with Crippen molar-refractivity contribution in [1.82, 2.24) is 9.80 Å². The van der Waals surface area contributed by atoms with Crippen molar-refractivity contribution in [2.75, 3.05) is 39.3 Å². The number of benzene rings is 1. The number of nitro benzene ring substituents is 1. The lowest BCUT2D eigenvalue weighted by atomic mass is 10.1. The van der Waals surface area contributed by atoms with Crippen molar-refractivity contribution in [3.05, 3.63) is 32.8 Å². The summed E-state index contributed by atoms with van der Waals surface area (Å²) in [5.74, 6) is 5.09. The number of halogens is 1. The van der Waals surface area contributed by atoms with Crippen LogP contribution in [0.4, 0.5) is 5.69 Å². The highest BCUT2D eigenvalue weighted by Gasteiger charge is 2.22. The van der Waals surface area contributed by atoms with Crippen molar-refractivity contribution in [3.63, 3.8) is 0 Å². The van der Waals surface area contributed by atoms with Gasteiger partial charge in [-0.1, -0.05) is 37.3 Å². The molecule has 0 atom stereocenters. The second-order valence-electron chi connectivity index (χ2n) is 6.83. The minimum Gasteiger partial charge on any atom is -0.479 e. The van der Waals surface area contributed by atoms with Gasteiger partial charge in [-0.2, -0.15) is 0 Å². The molecule has 1 saturated heterocycles. The lowest BCUT2D eigenvalue weighted by Gasteiger charge is -2.34. The van der Waals surface area contributed by atoms with Gasteiger partial charge >= 0.3 is 0 Å². The third kappa shape index (κ3) is 6.07. The summed E-state index contributed by atoms with van der Waals surface area (Å²) >= 11 is 5.97. The van der Waals surface area contributed by atoms with Gasteiger partial charge in [0.15, 0.2) is 5.02 Å². The van der Waals surface area contributed by atoms with Gasteiger partial charge in [0.05, 0.1) is 11.5 Å². The number of amides is 2. The average Bonchev–Trinajstić information content (AvgIpc) is 2.68. The molecule has 2 rings (SSSR count). The Balaban J connectivity index is 1.89. The summed E-state index contributed by atoms with van der Waals surface area (Å²) in [7, 11) is 0. The van der Waals surface area contributed by atoms with E-state index in [4.69, 9.17) is 22.1 Å². The largest absolute Gasteiger partial charge is 0.479 e. The van der Waals surface area contributed by atoms with E-state index in [1.807, 2.05) is 18.7 Å². The molecule has 1 aliphatic heterocycles. The predicted molar refractivity (Wildman–Crippen MR) is 108 cm³/mol. The van der Waals surface area contributed by atoms with Gasteiger partial charge in [0, 0.05) is 43.7 Å². The zero-order valence-corrected chi connectivity index (χ0v) is 17.1. The minimum atomic E-state index is -0.823. The second-order valence-corrected chi connectivity index (χ2v) is 7.21. The van der Waals surface area contributed by atoms with E-state index in [0.29, 0.717) is 19.6 Å². The first-order valence-electron chi connectivity index (χ1n) is 9.08. The van der Waals surface area contributed by atoms with Crippen LogP contribution < -0.4 is 10.5 Å².